The van der Waals surface area contributed by atoms with Gasteiger partial charge in [0.2, 0.25) is 0 Å². The zero-order chi connectivity index (χ0) is 16.8. The summed E-state index contributed by atoms with van der Waals surface area (Å²) in [4.78, 5) is 22.2. The van der Waals surface area contributed by atoms with Gasteiger partial charge in [0.25, 0.3) is 5.69 Å². The molecule has 1 aromatic carbocycles. The minimum atomic E-state index is -0.498. The number of carbonyl (C=O) groups is 1. The number of nitrogens with zero attached hydrogens (tertiary/aromatic N) is 1. The van der Waals surface area contributed by atoms with Crippen molar-refractivity contribution in [1.29, 1.82) is 5.41 Å². The number of nitro benzene ring substituents is 1. The number of hydrogen-bond donors (Lipinski definition) is 3. The molecule has 0 radical (unpaired) electrons. The average molecular weight is 357 g/mol. The quantitative estimate of drug-likeness (QED) is 0.185. The summed E-state index contributed by atoms with van der Waals surface area (Å²) in [7, 11) is 0. The highest BCUT2D eigenvalue weighted by molar-refractivity contribution is 5.85. The molecule has 0 atom stereocenters. The zero-order valence-electron chi connectivity index (χ0n) is 13.1. The van der Waals surface area contributed by atoms with Crippen LogP contribution in [0.1, 0.15) is 25.7 Å². The van der Waals surface area contributed by atoms with E-state index >= 15 is 0 Å². The summed E-state index contributed by atoms with van der Waals surface area (Å²) >= 11 is 0. The van der Waals surface area contributed by atoms with Crippen LogP contribution in [0.25, 0.3) is 0 Å². The van der Waals surface area contributed by atoms with Gasteiger partial charge in [0.05, 0.1) is 10.8 Å². The Morgan fingerprint density at radius 1 is 1.29 bits per heavy atom. The molecule has 0 aliphatic heterocycles. The number of non-ortho nitro benzene ring substituents is 1. The Morgan fingerprint density at radius 2 is 1.88 bits per heavy atom. The van der Waals surface area contributed by atoms with Crippen LogP contribution in [0.2, 0.25) is 0 Å². The Bertz CT molecular complexity index is 586. The number of nitrogens with one attached hydrogen (secondary N) is 2. The Kier molecular flexibility index (Phi) is 7.44. The van der Waals surface area contributed by atoms with E-state index in [0.717, 1.165) is 25.7 Å². The standard InChI is InChI=1S/C15H20N4O4.ClH/c16-15(17)18-9-10-1-3-11(4-2-10)14(20)23-13-7-5-12(6-8-13)19(21)22;/h5-8,10-11H,1-4,9H2,(H4,16,17,18);1H/t10-,11-;. The Hall–Kier alpha value is -2.35. The predicted octanol–water partition coefficient (Wildman–Crippen LogP) is 2.21. The molecule has 9 heteroatoms. The molecule has 0 saturated heterocycles. The van der Waals surface area contributed by atoms with E-state index in [4.69, 9.17) is 15.9 Å². The van der Waals surface area contributed by atoms with Gasteiger partial charge in [-0.25, -0.2) is 0 Å². The third kappa shape index (κ3) is 5.69. The molecule has 0 amide bonds. The number of nitrogens with two attached hydrogens (primary N) is 1. The molecule has 1 fully saturated rings. The van der Waals surface area contributed by atoms with Crippen molar-refractivity contribution in [3.05, 3.63) is 34.4 Å². The SMILES string of the molecule is Cl.N=C(N)NC[C@H]1CC[C@H](C(=O)Oc2ccc([N+](=O)[O-])cc2)CC1. The topological polar surface area (TPSA) is 131 Å². The van der Waals surface area contributed by atoms with Crippen molar-refractivity contribution in [3.63, 3.8) is 0 Å². The molecule has 0 spiro atoms. The van der Waals surface area contributed by atoms with Gasteiger partial charge >= 0.3 is 5.97 Å². The molecule has 8 nitrogen and oxygen atoms in total. The van der Waals surface area contributed by atoms with Crippen molar-refractivity contribution in [3.8, 4) is 5.75 Å². The zero-order valence-corrected chi connectivity index (χ0v) is 13.9. The summed E-state index contributed by atoms with van der Waals surface area (Å²) in [5, 5.41) is 20.5. The average Bonchev–Trinajstić information content (AvgIpc) is 2.54. The van der Waals surface area contributed by atoms with Crippen molar-refractivity contribution in [2.45, 2.75) is 25.7 Å². The number of benzene rings is 1. The molecule has 24 heavy (non-hydrogen) atoms. The Morgan fingerprint density at radius 3 is 2.38 bits per heavy atom. The van der Waals surface area contributed by atoms with E-state index in [1.165, 1.54) is 24.3 Å². The summed E-state index contributed by atoms with van der Waals surface area (Å²) in [5.41, 5.74) is 5.22. The third-order valence-electron chi connectivity index (χ3n) is 4.03. The number of halogens is 1. The maximum atomic E-state index is 12.1. The maximum absolute atomic E-state index is 12.1. The van der Waals surface area contributed by atoms with Crippen LogP contribution < -0.4 is 15.8 Å². The smallest absolute Gasteiger partial charge is 0.314 e. The van der Waals surface area contributed by atoms with Crippen molar-refractivity contribution < 1.29 is 14.5 Å². The molecule has 0 aromatic heterocycles. The minimum absolute atomic E-state index is 0. The molecule has 0 heterocycles. The van der Waals surface area contributed by atoms with Gasteiger partial charge in [-0.2, -0.15) is 0 Å². The van der Waals surface area contributed by atoms with Gasteiger partial charge in [-0.05, 0) is 43.7 Å². The molecule has 2 rings (SSSR count). The lowest BCUT2D eigenvalue weighted by atomic mass is 9.82. The summed E-state index contributed by atoms with van der Waals surface area (Å²) in [6, 6.07) is 5.48. The summed E-state index contributed by atoms with van der Waals surface area (Å²) in [6.07, 6.45) is 3.22. The Labute approximate surface area is 145 Å². The number of carbonyl (C=O) groups excluding carboxylic acids is 1. The normalized spacial score (nSPS) is 19.7. The highest BCUT2D eigenvalue weighted by Crippen LogP contribution is 2.30. The number of nitro groups is 1. The van der Waals surface area contributed by atoms with Crippen molar-refractivity contribution >= 4 is 30.0 Å². The molecule has 0 unspecified atom stereocenters. The summed E-state index contributed by atoms with van der Waals surface area (Å²) in [6.45, 7) is 0.652. The molecule has 4 N–H and O–H groups in total. The highest BCUT2D eigenvalue weighted by Gasteiger charge is 2.27. The first-order chi connectivity index (χ1) is 11.0. The lowest BCUT2D eigenvalue weighted by Gasteiger charge is -2.27. The van der Waals surface area contributed by atoms with Crippen molar-refractivity contribution in [1.82, 2.24) is 5.32 Å². The highest BCUT2D eigenvalue weighted by atomic mass is 35.5. The van der Waals surface area contributed by atoms with Gasteiger partial charge in [-0.3, -0.25) is 20.3 Å². The number of rotatable bonds is 5. The van der Waals surface area contributed by atoms with E-state index in [-0.39, 0.29) is 35.9 Å². The lowest BCUT2D eigenvalue weighted by molar-refractivity contribution is -0.384. The predicted molar refractivity (Wildman–Crippen MR) is 91.3 cm³/mol. The third-order valence-corrected chi connectivity index (χ3v) is 4.03. The maximum Gasteiger partial charge on any atom is 0.314 e. The molecule has 1 aromatic rings. The van der Waals surface area contributed by atoms with E-state index in [1.54, 1.807) is 0 Å². The number of esters is 1. The molecular formula is C15H21ClN4O4. The molecule has 132 valence electrons. The van der Waals surface area contributed by atoms with Gasteiger partial charge in [-0.15, -0.1) is 12.4 Å². The van der Waals surface area contributed by atoms with E-state index < -0.39 is 4.92 Å². The fourth-order valence-electron chi connectivity index (χ4n) is 2.69. The summed E-state index contributed by atoms with van der Waals surface area (Å²) in [5.74, 6) is 0.239. The molecule has 1 saturated carbocycles. The van der Waals surface area contributed by atoms with Crippen LogP contribution in [0.3, 0.4) is 0 Å². The molecule has 0 bridgehead atoms. The van der Waals surface area contributed by atoms with Gasteiger partial charge < -0.3 is 15.8 Å². The molecule has 1 aliphatic rings. The number of guanidine groups is 1. The monoisotopic (exact) mass is 356 g/mol. The minimum Gasteiger partial charge on any atom is -0.426 e. The number of hydrogen-bond acceptors (Lipinski definition) is 5. The number of ether oxygens (including phenoxy) is 1. The van der Waals surface area contributed by atoms with Gasteiger partial charge in [0.1, 0.15) is 5.75 Å². The van der Waals surface area contributed by atoms with E-state index in [1.807, 2.05) is 0 Å². The second kappa shape index (κ2) is 9.07. The van der Waals surface area contributed by atoms with Crippen molar-refractivity contribution in [2.24, 2.45) is 17.6 Å². The van der Waals surface area contributed by atoms with Gasteiger partial charge in [0.15, 0.2) is 5.96 Å². The van der Waals surface area contributed by atoms with Crippen LogP contribution in [0.15, 0.2) is 24.3 Å². The second-order valence-electron chi connectivity index (χ2n) is 5.68. The fraction of sp³-hybridized carbons (Fsp3) is 0.467. The van der Waals surface area contributed by atoms with Crippen LogP contribution >= 0.6 is 12.4 Å². The van der Waals surface area contributed by atoms with E-state index in [0.29, 0.717) is 18.2 Å². The van der Waals surface area contributed by atoms with Crippen LogP contribution in [-0.4, -0.2) is 23.4 Å². The van der Waals surface area contributed by atoms with Gasteiger partial charge in [0, 0.05) is 18.7 Å². The second-order valence-corrected chi connectivity index (χ2v) is 5.68. The first-order valence-corrected chi connectivity index (χ1v) is 7.49. The summed E-state index contributed by atoms with van der Waals surface area (Å²) < 4.78 is 5.29. The molecular weight excluding hydrogens is 336 g/mol. The van der Waals surface area contributed by atoms with Crippen LogP contribution in [0.5, 0.6) is 5.75 Å². The van der Waals surface area contributed by atoms with E-state index in [2.05, 4.69) is 5.32 Å². The lowest BCUT2D eigenvalue weighted by Crippen LogP contribution is -2.36. The Balaban J connectivity index is 0.00000288. The first-order valence-electron chi connectivity index (χ1n) is 7.49. The van der Waals surface area contributed by atoms with Crippen LogP contribution in [-0.2, 0) is 4.79 Å². The molecule has 1 aliphatic carbocycles. The van der Waals surface area contributed by atoms with Crippen LogP contribution in [0, 0.1) is 27.4 Å². The fourth-order valence-corrected chi connectivity index (χ4v) is 2.69. The van der Waals surface area contributed by atoms with Crippen molar-refractivity contribution in [2.75, 3.05) is 6.54 Å². The largest absolute Gasteiger partial charge is 0.426 e. The first kappa shape index (κ1) is 19.7. The van der Waals surface area contributed by atoms with Crippen LogP contribution in [0.4, 0.5) is 5.69 Å². The van der Waals surface area contributed by atoms with Gasteiger partial charge in [-0.1, -0.05) is 0 Å². The van der Waals surface area contributed by atoms with E-state index in [9.17, 15) is 14.9 Å².